The van der Waals surface area contributed by atoms with Crippen molar-refractivity contribution in [2.24, 2.45) is 0 Å². The minimum Gasteiger partial charge on any atom is -0.379 e. The molecule has 0 amide bonds. The normalized spacial score (nSPS) is 12.9. The Bertz CT molecular complexity index is 384. The van der Waals surface area contributed by atoms with Crippen LogP contribution in [-0.4, -0.2) is 19.3 Å². The number of benzene rings is 1. The van der Waals surface area contributed by atoms with E-state index in [1.807, 2.05) is 26.8 Å². The molecule has 1 aromatic rings. The molecule has 0 aliphatic rings. The van der Waals surface area contributed by atoms with Gasteiger partial charge in [0.2, 0.25) is 0 Å². The Morgan fingerprint density at radius 3 is 2.68 bits per heavy atom. The molecule has 0 saturated carbocycles. The maximum Gasteiger partial charge on any atom is 0.128 e. The second kappa shape index (κ2) is 8.67. The Morgan fingerprint density at radius 2 is 2.00 bits per heavy atom. The van der Waals surface area contributed by atoms with Gasteiger partial charge in [0.15, 0.2) is 0 Å². The van der Waals surface area contributed by atoms with Crippen LogP contribution >= 0.6 is 15.9 Å². The SMILES string of the molecule is CC(C)OCCCCNC(C)c1cc(Br)ccc1F. The van der Waals surface area contributed by atoms with Crippen LogP contribution in [-0.2, 0) is 4.74 Å². The molecule has 1 aromatic carbocycles. The average Bonchev–Trinajstić information content (AvgIpc) is 2.36. The predicted molar refractivity (Wildman–Crippen MR) is 80.8 cm³/mol. The number of hydrogen-bond acceptors (Lipinski definition) is 2. The molecule has 1 rings (SSSR count). The van der Waals surface area contributed by atoms with Gasteiger partial charge in [-0.25, -0.2) is 4.39 Å². The fourth-order valence-electron chi connectivity index (χ4n) is 1.82. The summed E-state index contributed by atoms with van der Waals surface area (Å²) in [5.41, 5.74) is 0.702. The fourth-order valence-corrected chi connectivity index (χ4v) is 2.20. The van der Waals surface area contributed by atoms with Gasteiger partial charge in [0, 0.05) is 22.7 Å². The zero-order valence-corrected chi connectivity index (χ0v) is 13.5. The summed E-state index contributed by atoms with van der Waals surface area (Å²) in [6.45, 7) is 7.72. The zero-order chi connectivity index (χ0) is 14.3. The smallest absolute Gasteiger partial charge is 0.128 e. The Balaban J connectivity index is 2.27. The standard InChI is InChI=1S/C15H23BrFNO/c1-11(2)19-9-5-4-8-18-12(3)14-10-13(16)6-7-15(14)17/h6-7,10-12,18H,4-5,8-9H2,1-3H3. The first kappa shape index (κ1) is 16.6. The topological polar surface area (TPSA) is 21.3 Å². The molecule has 0 heterocycles. The largest absolute Gasteiger partial charge is 0.379 e. The van der Waals surface area contributed by atoms with E-state index in [1.165, 1.54) is 6.07 Å². The maximum absolute atomic E-state index is 13.7. The highest BCUT2D eigenvalue weighted by molar-refractivity contribution is 9.10. The van der Waals surface area contributed by atoms with Crippen molar-refractivity contribution in [3.8, 4) is 0 Å². The second-order valence-electron chi connectivity index (χ2n) is 4.97. The van der Waals surface area contributed by atoms with E-state index in [4.69, 9.17) is 4.74 Å². The van der Waals surface area contributed by atoms with E-state index in [0.717, 1.165) is 30.5 Å². The van der Waals surface area contributed by atoms with Crippen molar-refractivity contribution in [2.45, 2.75) is 45.8 Å². The lowest BCUT2D eigenvalue weighted by Gasteiger charge is -2.15. The first-order valence-corrected chi connectivity index (χ1v) is 7.60. The van der Waals surface area contributed by atoms with E-state index in [9.17, 15) is 4.39 Å². The highest BCUT2D eigenvalue weighted by atomic mass is 79.9. The van der Waals surface area contributed by atoms with E-state index in [2.05, 4.69) is 21.2 Å². The molecule has 4 heteroatoms. The predicted octanol–water partition coefficient (Wildman–Crippen LogP) is 4.44. The first-order chi connectivity index (χ1) is 9.00. The fraction of sp³-hybridized carbons (Fsp3) is 0.600. The summed E-state index contributed by atoms with van der Waals surface area (Å²) in [6.07, 6.45) is 2.36. The molecular formula is C15H23BrFNO. The molecule has 0 saturated heterocycles. The van der Waals surface area contributed by atoms with Gasteiger partial charge in [0.05, 0.1) is 6.10 Å². The third-order valence-corrected chi connectivity index (χ3v) is 3.39. The van der Waals surface area contributed by atoms with Crippen LogP contribution in [0.2, 0.25) is 0 Å². The maximum atomic E-state index is 13.7. The van der Waals surface area contributed by atoms with E-state index in [1.54, 1.807) is 6.07 Å². The van der Waals surface area contributed by atoms with Gasteiger partial charge in [-0.05, 0) is 58.4 Å². The molecule has 0 fully saturated rings. The third-order valence-electron chi connectivity index (χ3n) is 2.90. The van der Waals surface area contributed by atoms with Gasteiger partial charge in [0.25, 0.3) is 0 Å². The molecule has 2 nitrogen and oxygen atoms in total. The van der Waals surface area contributed by atoms with E-state index in [0.29, 0.717) is 11.7 Å². The van der Waals surface area contributed by atoms with Gasteiger partial charge in [-0.3, -0.25) is 0 Å². The number of unbranched alkanes of at least 4 members (excludes halogenated alkanes) is 1. The summed E-state index contributed by atoms with van der Waals surface area (Å²) in [5.74, 6) is -0.161. The molecular weight excluding hydrogens is 309 g/mol. The summed E-state index contributed by atoms with van der Waals surface area (Å²) in [5, 5.41) is 3.34. The minimum atomic E-state index is -0.161. The minimum absolute atomic E-state index is 0.0171. The highest BCUT2D eigenvalue weighted by Gasteiger charge is 2.10. The molecule has 0 aliphatic carbocycles. The van der Waals surface area contributed by atoms with Crippen LogP contribution in [0.4, 0.5) is 4.39 Å². The van der Waals surface area contributed by atoms with Crippen LogP contribution in [0.15, 0.2) is 22.7 Å². The number of hydrogen-bond donors (Lipinski definition) is 1. The third kappa shape index (κ3) is 6.50. The number of halogens is 2. The van der Waals surface area contributed by atoms with Crippen molar-refractivity contribution in [1.82, 2.24) is 5.32 Å². The quantitative estimate of drug-likeness (QED) is 0.711. The first-order valence-electron chi connectivity index (χ1n) is 6.80. The lowest BCUT2D eigenvalue weighted by Crippen LogP contribution is -2.21. The average molecular weight is 332 g/mol. The van der Waals surface area contributed by atoms with E-state index >= 15 is 0 Å². The van der Waals surface area contributed by atoms with Crippen molar-refractivity contribution in [2.75, 3.05) is 13.2 Å². The summed E-state index contributed by atoms with van der Waals surface area (Å²) in [6, 6.07) is 5.06. The highest BCUT2D eigenvalue weighted by Crippen LogP contribution is 2.21. The van der Waals surface area contributed by atoms with Crippen molar-refractivity contribution >= 4 is 15.9 Å². The molecule has 0 radical (unpaired) electrons. The molecule has 1 N–H and O–H groups in total. The van der Waals surface area contributed by atoms with Crippen LogP contribution in [0.3, 0.4) is 0 Å². The van der Waals surface area contributed by atoms with Crippen LogP contribution in [0, 0.1) is 5.82 Å². The van der Waals surface area contributed by atoms with Crippen molar-refractivity contribution in [3.63, 3.8) is 0 Å². The molecule has 1 atom stereocenters. The van der Waals surface area contributed by atoms with Crippen LogP contribution in [0.25, 0.3) is 0 Å². The van der Waals surface area contributed by atoms with Crippen LogP contribution in [0.1, 0.15) is 45.2 Å². The van der Waals surface area contributed by atoms with Gasteiger partial charge in [-0.1, -0.05) is 15.9 Å². The van der Waals surface area contributed by atoms with Gasteiger partial charge in [-0.15, -0.1) is 0 Å². The van der Waals surface area contributed by atoms with Crippen LogP contribution < -0.4 is 5.32 Å². The lowest BCUT2D eigenvalue weighted by molar-refractivity contribution is 0.0759. The van der Waals surface area contributed by atoms with Gasteiger partial charge >= 0.3 is 0 Å². The molecule has 108 valence electrons. The summed E-state index contributed by atoms with van der Waals surface area (Å²) < 4.78 is 20.0. The number of ether oxygens (including phenoxy) is 1. The Hall–Kier alpha value is -0.450. The molecule has 0 aliphatic heterocycles. The van der Waals surface area contributed by atoms with Gasteiger partial charge in [-0.2, -0.15) is 0 Å². The van der Waals surface area contributed by atoms with E-state index < -0.39 is 0 Å². The molecule has 0 aromatic heterocycles. The summed E-state index contributed by atoms with van der Waals surface area (Å²) >= 11 is 3.37. The van der Waals surface area contributed by atoms with Crippen molar-refractivity contribution < 1.29 is 9.13 Å². The molecule has 1 unspecified atom stereocenters. The van der Waals surface area contributed by atoms with Crippen molar-refractivity contribution in [3.05, 3.63) is 34.1 Å². The Labute approximate surface area is 123 Å². The van der Waals surface area contributed by atoms with Gasteiger partial charge in [0.1, 0.15) is 5.82 Å². The van der Waals surface area contributed by atoms with Crippen molar-refractivity contribution in [1.29, 1.82) is 0 Å². The van der Waals surface area contributed by atoms with E-state index in [-0.39, 0.29) is 11.9 Å². The second-order valence-corrected chi connectivity index (χ2v) is 5.88. The molecule has 19 heavy (non-hydrogen) atoms. The van der Waals surface area contributed by atoms with Gasteiger partial charge < -0.3 is 10.1 Å². The lowest BCUT2D eigenvalue weighted by atomic mass is 10.1. The Morgan fingerprint density at radius 1 is 1.26 bits per heavy atom. The number of nitrogens with one attached hydrogen (secondary N) is 1. The number of rotatable bonds is 8. The Kier molecular flexibility index (Phi) is 7.57. The molecule has 0 bridgehead atoms. The molecule has 0 spiro atoms. The monoisotopic (exact) mass is 331 g/mol. The summed E-state index contributed by atoms with van der Waals surface area (Å²) in [7, 11) is 0. The zero-order valence-electron chi connectivity index (χ0n) is 11.9. The summed E-state index contributed by atoms with van der Waals surface area (Å²) in [4.78, 5) is 0. The van der Waals surface area contributed by atoms with Crippen LogP contribution in [0.5, 0.6) is 0 Å².